The summed E-state index contributed by atoms with van der Waals surface area (Å²) in [6.45, 7) is 1.84. The highest BCUT2D eigenvalue weighted by Gasteiger charge is 2.47. The van der Waals surface area contributed by atoms with Gasteiger partial charge in [0.25, 0.3) is 5.91 Å². The average molecular weight is 325 g/mol. The van der Waals surface area contributed by atoms with E-state index in [1.54, 1.807) is 18.5 Å². The summed E-state index contributed by atoms with van der Waals surface area (Å²) in [7, 11) is 0. The minimum atomic E-state index is -0.271. The first kappa shape index (κ1) is 14.9. The monoisotopic (exact) mass is 325 g/mol. The predicted octanol–water partition coefficient (Wildman–Crippen LogP) is 1.35. The molecule has 2 amide bonds. The van der Waals surface area contributed by atoms with Crippen LogP contribution in [0.3, 0.4) is 0 Å². The Hall–Kier alpha value is -2.70. The number of nitrogens with one attached hydrogen (secondary N) is 2. The van der Waals surface area contributed by atoms with Gasteiger partial charge in [-0.15, -0.1) is 0 Å². The molecule has 3 heterocycles. The van der Waals surface area contributed by atoms with Crippen molar-refractivity contribution in [1.82, 2.24) is 25.4 Å². The van der Waals surface area contributed by atoms with Gasteiger partial charge in [0.1, 0.15) is 5.69 Å². The van der Waals surface area contributed by atoms with Gasteiger partial charge in [-0.1, -0.05) is 6.07 Å². The minimum Gasteiger partial charge on any atom is -0.345 e. The molecule has 1 aliphatic carbocycles. The van der Waals surface area contributed by atoms with Crippen LogP contribution in [0.4, 0.5) is 0 Å². The van der Waals surface area contributed by atoms with Gasteiger partial charge in [0.2, 0.25) is 5.91 Å². The van der Waals surface area contributed by atoms with E-state index in [0.717, 1.165) is 24.1 Å². The van der Waals surface area contributed by atoms with E-state index >= 15 is 0 Å². The number of hydrogen-bond donors (Lipinski definition) is 2. The highest BCUT2D eigenvalue weighted by atomic mass is 16.2. The number of rotatable bonds is 4. The van der Waals surface area contributed by atoms with Gasteiger partial charge in [0.05, 0.1) is 12.1 Å². The largest absolute Gasteiger partial charge is 0.345 e. The van der Waals surface area contributed by atoms with Crippen LogP contribution in [0.1, 0.15) is 47.1 Å². The van der Waals surface area contributed by atoms with Crippen molar-refractivity contribution in [1.29, 1.82) is 0 Å². The first-order valence-electron chi connectivity index (χ1n) is 8.17. The normalized spacial score (nSPS) is 23.5. The third-order valence-electron chi connectivity index (χ3n) is 4.58. The summed E-state index contributed by atoms with van der Waals surface area (Å²) in [6.07, 6.45) is 5.85. The first-order chi connectivity index (χ1) is 11.6. The molecule has 0 aromatic carbocycles. The molecule has 124 valence electrons. The fraction of sp³-hybridized carbons (Fsp3) is 0.412. The first-order valence-corrected chi connectivity index (χ1v) is 8.17. The van der Waals surface area contributed by atoms with Crippen molar-refractivity contribution in [3.05, 3.63) is 47.5 Å². The third-order valence-corrected chi connectivity index (χ3v) is 4.58. The quantitative estimate of drug-likeness (QED) is 0.887. The van der Waals surface area contributed by atoms with E-state index in [2.05, 4.69) is 20.5 Å². The molecule has 2 aromatic rings. The summed E-state index contributed by atoms with van der Waals surface area (Å²) < 4.78 is 0. The van der Waals surface area contributed by atoms with Gasteiger partial charge in [0.15, 0.2) is 0 Å². The number of nitrogens with zero attached hydrogens (tertiary/aromatic N) is 3. The van der Waals surface area contributed by atoms with E-state index in [1.165, 1.54) is 0 Å². The van der Waals surface area contributed by atoms with Crippen LogP contribution in [-0.4, -0.2) is 44.0 Å². The van der Waals surface area contributed by atoms with Crippen molar-refractivity contribution >= 4 is 11.8 Å². The van der Waals surface area contributed by atoms with Crippen LogP contribution < -0.4 is 5.32 Å². The van der Waals surface area contributed by atoms with E-state index in [-0.39, 0.29) is 29.9 Å². The number of likely N-dealkylation sites (tertiary alicyclic amines) is 1. The van der Waals surface area contributed by atoms with Gasteiger partial charge >= 0.3 is 0 Å². The van der Waals surface area contributed by atoms with Gasteiger partial charge in [-0.2, -0.15) is 5.10 Å². The Morgan fingerprint density at radius 1 is 1.42 bits per heavy atom. The second-order valence-corrected chi connectivity index (χ2v) is 6.48. The van der Waals surface area contributed by atoms with E-state index in [4.69, 9.17) is 0 Å². The van der Waals surface area contributed by atoms with E-state index in [9.17, 15) is 9.59 Å². The summed E-state index contributed by atoms with van der Waals surface area (Å²) in [5.74, 6) is -0.168. The molecule has 1 saturated carbocycles. The Morgan fingerprint density at radius 3 is 2.88 bits per heavy atom. The number of aryl methyl sites for hydroxylation is 1. The van der Waals surface area contributed by atoms with Gasteiger partial charge in [-0.3, -0.25) is 19.7 Å². The number of hydrogen-bond acceptors (Lipinski definition) is 4. The number of carbonyl (C=O) groups excluding carboxylic acids is 2. The molecule has 1 saturated heterocycles. The third kappa shape index (κ3) is 2.66. The number of carbonyl (C=O) groups is 2. The molecule has 0 radical (unpaired) electrons. The van der Waals surface area contributed by atoms with Gasteiger partial charge < -0.3 is 10.2 Å². The van der Waals surface area contributed by atoms with Crippen LogP contribution >= 0.6 is 0 Å². The molecular weight excluding hydrogens is 306 g/mol. The molecule has 7 nitrogen and oxygen atoms in total. The highest BCUT2D eigenvalue weighted by Crippen LogP contribution is 2.41. The standard InChI is InChI=1S/C17H19N5O2/c1-10-7-14(21-20-10)17(24)19-13-8-15(23)22(12-4-5-12)16(13)11-3-2-6-18-9-11/h2-3,6-7,9,12-13,16H,4-5,8H2,1H3,(H,19,24)(H,20,21)/t13-,16+/m1/s1. The lowest BCUT2D eigenvalue weighted by Gasteiger charge is -2.28. The van der Waals surface area contributed by atoms with Crippen molar-refractivity contribution < 1.29 is 9.59 Å². The Kier molecular flexibility index (Phi) is 3.55. The van der Waals surface area contributed by atoms with E-state index in [0.29, 0.717) is 12.1 Å². The molecule has 2 fully saturated rings. The van der Waals surface area contributed by atoms with Crippen LogP contribution in [0.15, 0.2) is 30.6 Å². The summed E-state index contributed by atoms with van der Waals surface area (Å²) in [4.78, 5) is 31.1. The molecule has 1 aliphatic heterocycles. The van der Waals surface area contributed by atoms with Crippen molar-refractivity contribution in [2.45, 2.75) is 44.3 Å². The van der Waals surface area contributed by atoms with Crippen LogP contribution in [0.5, 0.6) is 0 Å². The number of aromatic amines is 1. The maximum atomic E-state index is 12.5. The molecule has 4 rings (SSSR count). The summed E-state index contributed by atoms with van der Waals surface area (Å²) in [6, 6.07) is 5.37. The smallest absolute Gasteiger partial charge is 0.272 e. The Balaban J connectivity index is 1.60. The maximum Gasteiger partial charge on any atom is 0.272 e. The SMILES string of the molecule is Cc1cc(C(=O)N[C@@H]2CC(=O)N(C3CC3)[C@H]2c2cccnc2)n[nH]1. The molecule has 24 heavy (non-hydrogen) atoms. The summed E-state index contributed by atoms with van der Waals surface area (Å²) >= 11 is 0. The lowest BCUT2D eigenvalue weighted by molar-refractivity contribution is -0.129. The van der Waals surface area contributed by atoms with Crippen molar-refractivity contribution in [3.8, 4) is 0 Å². The number of amides is 2. The zero-order chi connectivity index (χ0) is 16.7. The van der Waals surface area contributed by atoms with Crippen LogP contribution in [0, 0.1) is 6.92 Å². The number of H-pyrrole nitrogens is 1. The summed E-state index contributed by atoms with van der Waals surface area (Å²) in [5, 5.41) is 9.75. The van der Waals surface area contributed by atoms with Crippen molar-refractivity contribution in [2.24, 2.45) is 0 Å². The van der Waals surface area contributed by atoms with Gasteiger partial charge in [0, 0.05) is 30.6 Å². The average Bonchev–Trinajstić information content (AvgIpc) is 3.23. The predicted molar refractivity (Wildman–Crippen MR) is 86.0 cm³/mol. The molecule has 2 aromatic heterocycles. The van der Waals surface area contributed by atoms with Crippen molar-refractivity contribution in [3.63, 3.8) is 0 Å². The zero-order valence-electron chi connectivity index (χ0n) is 13.4. The van der Waals surface area contributed by atoms with E-state index < -0.39 is 0 Å². The zero-order valence-corrected chi connectivity index (χ0v) is 13.4. The molecular formula is C17H19N5O2. The van der Waals surface area contributed by atoms with Crippen LogP contribution in [0.25, 0.3) is 0 Å². The van der Waals surface area contributed by atoms with Gasteiger partial charge in [-0.05, 0) is 37.5 Å². The maximum absolute atomic E-state index is 12.5. The Bertz CT molecular complexity index is 768. The molecule has 0 spiro atoms. The van der Waals surface area contributed by atoms with Crippen LogP contribution in [0.2, 0.25) is 0 Å². The summed E-state index contributed by atoms with van der Waals surface area (Å²) in [5.41, 5.74) is 2.12. The van der Waals surface area contributed by atoms with Crippen molar-refractivity contribution in [2.75, 3.05) is 0 Å². The number of aromatic nitrogens is 3. The Labute approximate surface area is 139 Å². The second kappa shape index (κ2) is 5.74. The lowest BCUT2D eigenvalue weighted by Crippen LogP contribution is -2.40. The molecule has 7 heteroatoms. The molecule has 2 aliphatic rings. The second-order valence-electron chi connectivity index (χ2n) is 6.48. The van der Waals surface area contributed by atoms with Crippen LogP contribution in [-0.2, 0) is 4.79 Å². The Morgan fingerprint density at radius 2 is 2.25 bits per heavy atom. The fourth-order valence-electron chi connectivity index (χ4n) is 3.39. The molecule has 0 bridgehead atoms. The molecule has 2 atom stereocenters. The lowest BCUT2D eigenvalue weighted by atomic mass is 10.0. The molecule has 2 N–H and O–H groups in total. The highest BCUT2D eigenvalue weighted by molar-refractivity contribution is 5.93. The van der Waals surface area contributed by atoms with E-state index in [1.807, 2.05) is 24.0 Å². The number of pyridine rings is 1. The fourth-order valence-corrected chi connectivity index (χ4v) is 3.39. The van der Waals surface area contributed by atoms with Gasteiger partial charge in [-0.25, -0.2) is 0 Å². The molecule has 0 unspecified atom stereocenters. The minimum absolute atomic E-state index is 0.0925. The topological polar surface area (TPSA) is 91.0 Å².